The molecule has 9 heteroatoms. The summed E-state index contributed by atoms with van der Waals surface area (Å²) in [5.74, 6) is -1.33. The highest BCUT2D eigenvalue weighted by Crippen LogP contribution is 2.35. The minimum atomic E-state index is -2.84. The van der Waals surface area contributed by atoms with Crippen molar-refractivity contribution >= 4 is 11.9 Å². The molecular formula is C20H20F2N2O5. The van der Waals surface area contributed by atoms with Crippen LogP contribution in [0.3, 0.4) is 0 Å². The van der Waals surface area contributed by atoms with E-state index in [2.05, 4.69) is 4.98 Å². The van der Waals surface area contributed by atoms with Crippen molar-refractivity contribution in [2.45, 2.75) is 25.4 Å². The van der Waals surface area contributed by atoms with E-state index in [0.29, 0.717) is 5.56 Å². The van der Waals surface area contributed by atoms with E-state index in [1.807, 2.05) is 0 Å². The van der Waals surface area contributed by atoms with Crippen LogP contribution in [-0.4, -0.2) is 57.8 Å². The molecule has 3 rings (SSSR count). The van der Waals surface area contributed by atoms with Gasteiger partial charge in [-0.2, -0.15) is 0 Å². The summed E-state index contributed by atoms with van der Waals surface area (Å²) in [5.41, 5.74) is -0.710. The molecular weight excluding hydrogens is 386 g/mol. The van der Waals surface area contributed by atoms with Crippen molar-refractivity contribution in [2.24, 2.45) is 0 Å². The predicted octanol–water partition coefficient (Wildman–Crippen LogP) is 2.53. The fourth-order valence-electron chi connectivity index (χ4n) is 3.30. The second-order valence-electron chi connectivity index (χ2n) is 7.22. The lowest BCUT2D eigenvalue weighted by atomic mass is 9.93. The maximum atomic E-state index is 13.1. The molecule has 1 aromatic heterocycles. The third kappa shape index (κ3) is 4.34. The van der Waals surface area contributed by atoms with Crippen LogP contribution < -0.4 is 4.74 Å². The Balaban J connectivity index is 1.99. The van der Waals surface area contributed by atoms with Crippen molar-refractivity contribution in [3.8, 4) is 16.9 Å². The van der Waals surface area contributed by atoms with E-state index < -0.39 is 23.7 Å². The maximum Gasteiger partial charge on any atom is 0.336 e. The number of pyridine rings is 1. The number of carboxylic acid groups (broad SMARTS) is 1. The highest BCUT2D eigenvalue weighted by atomic mass is 19.3. The zero-order valence-electron chi connectivity index (χ0n) is 15.9. The lowest BCUT2D eigenvalue weighted by Gasteiger charge is -2.44. The van der Waals surface area contributed by atoms with Gasteiger partial charge in [0, 0.05) is 11.1 Å². The first-order chi connectivity index (χ1) is 13.6. The van der Waals surface area contributed by atoms with Crippen molar-refractivity contribution < 1.29 is 33.3 Å². The first-order valence-corrected chi connectivity index (χ1v) is 8.80. The molecule has 1 aliphatic heterocycles. The minimum Gasteiger partial charge on any atom is -0.494 e. The zero-order valence-corrected chi connectivity index (χ0v) is 15.9. The molecule has 1 amide bonds. The first-order valence-electron chi connectivity index (χ1n) is 8.80. The second kappa shape index (κ2) is 7.75. The molecule has 1 saturated heterocycles. The van der Waals surface area contributed by atoms with E-state index in [-0.39, 0.29) is 47.9 Å². The van der Waals surface area contributed by atoms with Crippen molar-refractivity contribution in [1.82, 2.24) is 9.88 Å². The number of carbonyl (C=O) groups excluding carboxylic acids is 1. The summed E-state index contributed by atoms with van der Waals surface area (Å²) >= 11 is 0. The Morgan fingerprint density at radius 1 is 1.28 bits per heavy atom. The Labute approximate surface area is 165 Å². The number of amides is 1. The monoisotopic (exact) mass is 406 g/mol. The average molecular weight is 406 g/mol. The number of aromatic carboxylic acids is 1. The Hall–Kier alpha value is -3.07. The fraction of sp³-hybridized carbons (Fsp3) is 0.350. The molecule has 1 aliphatic rings. The lowest BCUT2D eigenvalue weighted by Crippen LogP contribution is -2.62. The number of alkyl halides is 2. The summed E-state index contributed by atoms with van der Waals surface area (Å²) in [4.78, 5) is 29.2. The van der Waals surface area contributed by atoms with Gasteiger partial charge in [0.05, 0.1) is 44.0 Å². The summed E-state index contributed by atoms with van der Waals surface area (Å²) in [6, 6.07) is 5.40. The number of benzene rings is 1. The molecule has 0 saturated carbocycles. The van der Waals surface area contributed by atoms with Gasteiger partial charge in [-0.1, -0.05) is 6.07 Å². The van der Waals surface area contributed by atoms with Crippen molar-refractivity contribution in [2.75, 3.05) is 20.2 Å². The van der Waals surface area contributed by atoms with Crippen LogP contribution in [0.5, 0.6) is 5.75 Å². The Bertz CT molecular complexity index is 954. The molecule has 2 heterocycles. The molecule has 0 unspecified atom stereocenters. The number of rotatable bonds is 6. The molecule has 1 fully saturated rings. The standard InChI is InChI=1S/C20H20F2N2O5/c1-20(28)9-24(10-20)17(25)6-11-3-4-12(19(26)27)13(5-11)14-7-15(18(21)22)23-8-16(14)29-2/h3-5,7-8,18,28H,6,9-10H2,1-2H3,(H,26,27). The molecule has 1 aromatic carbocycles. The third-order valence-corrected chi connectivity index (χ3v) is 4.71. The Morgan fingerprint density at radius 2 is 1.97 bits per heavy atom. The highest BCUT2D eigenvalue weighted by molar-refractivity contribution is 5.97. The number of hydrogen-bond donors (Lipinski definition) is 2. The first kappa shape index (κ1) is 20.7. The molecule has 0 aliphatic carbocycles. The number of carboxylic acids is 1. The van der Waals surface area contributed by atoms with Gasteiger partial charge in [0.2, 0.25) is 5.91 Å². The Kier molecular flexibility index (Phi) is 5.52. The number of carbonyl (C=O) groups is 2. The summed E-state index contributed by atoms with van der Waals surface area (Å²) in [6.07, 6.45) is -1.74. The van der Waals surface area contributed by atoms with Gasteiger partial charge in [0.25, 0.3) is 6.43 Å². The molecule has 29 heavy (non-hydrogen) atoms. The van der Waals surface area contributed by atoms with E-state index in [4.69, 9.17) is 4.74 Å². The molecule has 0 bridgehead atoms. The van der Waals surface area contributed by atoms with Gasteiger partial charge in [-0.3, -0.25) is 9.78 Å². The number of aromatic nitrogens is 1. The smallest absolute Gasteiger partial charge is 0.336 e. The largest absolute Gasteiger partial charge is 0.494 e. The highest BCUT2D eigenvalue weighted by Gasteiger charge is 2.39. The average Bonchev–Trinajstić information content (AvgIpc) is 2.65. The normalized spacial score (nSPS) is 15.2. The maximum absolute atomic E-state index is 13.1. The number of ether oxygens (including phenoxy) is 1. The molecule has 154 valence electrons. The number of halogens is 2. The summed E-state index contributed by atoms with van der Waals surface area (Å²) < 4.78 is 31.4. The predicted molar refractivity (Wildman–Crippen MR) is 99.0 cm³/mol. The topological polar surface area (TPSA) is 100.0 Å². The van der Waals surface area contributed by atoms with Crippen LogP contribution in [0.2, 0.25) is 0 Å². The van der Waals surface area contributed by atoms with Gasteiger partial charge in [-0.05, 0) is 30.7 Å². The van der Waals surface area contributed by atoms with Crippen LogP contribution in [0.4, 0.5) is 8.78 Å². The van der Waals surface area contributed by atoms with Crippen LogP contribution in [0.15, 0.2) is 30.5 Å². The Morgan fingerprint density at radius 3 is 2.52 bits per heavy atom. The quantitative estimate of drug-likeness (QED) is 0.765. The zero-order chi connectivity index (χ0) is 21.3. The van der Waals surface area contributed by atoms with Gasteiger partial charge in [-0.25, -0.2) is 13.6 Å². The molecule has 2 N–H and O–H groups in total. The number of likely N-dealkylation sites (tertiary alicyclic amines) is 1. The SMILES string of the molecule is COc1cnc(C(F)F)cc1-c1cc(CC(=O)N2CC(C)(O)C2)ccc1C(=O)O. The van der Waals surface area contributed by atoms with Gasteiger partial charge >= 0.3 is 5.97 Å². The minimum absolute atomic E-state index is 0.0158. The third-order valence-electron chi connectivity index (χ3n) is 4.71. The number of aliphatic hydroxyl groups is 1. The molecule has 7 nitrogen and oxygen atoms in total. The number of nitrogens with zero attached hydrogens (tertiary/aromatic N) is 2. The lowest BCUT2D eigenvalue weighted by molar-refractivity contribution is -0.151. The van der Waals surface area contributed by atoms with E-state index in [1.54, 1.807) is 6.92 Å². The molecule has 0 radical (unpaired) electrons. The van der Waals surface area contributed by atoms with Gasteiger partial charge in [0.15, 0.2) is 0 Å². The summed E-state index contributed by atoms with van der Waals surface area (Å²) in [5, 5.41) is 19.3. The fourth-order valence-corrected chi connectivity index (χ4v) is 3.30. The van der Waals surface area contributed by atoms with Crippen LogP contribution in [0, 0.1) is 0 Å². The molecule has 0 spiro atoms. The van der Waals surface area contributed by atoms with E-state index in [9.17, 15) is 28.6 Å². The van der Waals surface area contributed by atoms with Crippen LogP contribution in [0.25, 0.3) is 11.1 Å². The van der Waals surface area contributed by atoms with E-state index >= 15 is 0 Å². The second-order valence-corrected chi connectivity index (χ2v) is 7.22. The van der Waals surface area contributed by atoms with Crippen LogP contribution >= 0.6 is 0 Å². The number of hydrogen-bond acceptors (Lipinski definition) is 5. The van der Waals surface area contributed by atoms with E-state index in [1.165, 1.54) is 30.2 Å². The number of methoxy groups -OCH3 is 1. The van der Waals surface area contributed by atoms with Gasteiger partial charge in [0.1, 0.15) is 11.4 Å². The molecule has 2 aromatic rings. The van der Waals surface area contributed by atoms with Crippen molar-refractivity contribution in [3.05, 3.63) is 47.3 Å². The van der Waals surface area contributed by atoms with Gasteiger partial charge in [-0.15, -0.1) is 0 Å². The van der Waals surface area contributed by atoms with Crippen molar-refractivity contribution in [3.63, 3.8) is 0 Å². The van der Waals surface area contributed by atoms with Crippen molar-refractivity contribution in [1.29, 1.82) is 0 Å². The van der Waals surface area contributed by atoms with Crippen LogP contribution in [0.1, 0.15) is 35.0 Å². The summed E-state index contributed by atoms with van der Waals surface area (Å²) in [6.45, 7) is 2.08. The van der Waals surface area contributed by atoms with Crippen LogP contribution in [-0.2, 0) is 11.2 Å². The number of β-amino-alcohol motifs (C(OH)–C–C–N with tert-alkyl or cyclic N) is 1. The molecule has 0 atom stereocenters. The van der Waals surface area contributed by atoms with E-state index in [0.717, 1.165) is 12.3 Å². The summed E-state index contributed by atoms with van der Waals surface area (Å²) in [7, 11) is 1.33. The van der Waals surface area contributed by atoms with Gasteiger partial charge < -0.3 is 19.8 Å².